The van der Waals surface area contributed by atoms with Crippen LogP contribution in [0.4, 0.5) is 0 Å². The highest BCUT2D eigenvalue weighted by Crippen LogP contribution is 2.16. The zero-order chi connectivity index (χ0) is 14.5. The van der Waals surface area contributed by atoms with Crippen molar-refractivity contribution in [1.29, 1.82) is 0 Å². The summed E-state index contributed by atoms with van der Waals surface area (Å²) in [6.07, 6.45) is 6.10. The molecule has 110 valence electrons. The van der Waals surface area contributed by atoms with Crippen LogP contribution < -0.4 is 5.56 Å². The molecule has 1 unspecified atom stereocenters. The molecule has 2 rings (SSSR count). The maximum Gasteiger partial charge on any atom is 0.337 e. The van der Waals surface area contributed by atoms with Gasteiger partial charge in [0.05, 0.1) is 5.56 Å². The summed E-state index contributed by atoms with van der Waals surface area (Å²) in [5.74, 6) is -0.997. The van der Waals surface area contributed by atoms with Gasteiger partial charge in [0, 0.05) is 31.4 Å². The number of hydrogen-bond donors (Lipinski definition) is 1. The predicted molar refractivity (Wildman–Crippen MR) is 77.2 cm³/mol. The van der Waals surface area contributed by atoms with Crippen LogP contribution in [0.5, 0.6) is 0 Å². The molecule has 1 aliphatic rings. The van der Waals surface area contributed by atoms with Crippen LogP contribution in [-0.4, -0.2) is 39.7 Å². The molecule has 0 amide bonds. The first-order chi connectivity index (χ1) is 9.58. The molecular formula is C15H22N2O3. The van der Waals surface area contributed by atoms with E-state index in [2.05, 4.69) is 11.8 Å². The highest BCUT2D eigenvalue weighted by molar-refractivity contribution is 5.87. The second kappa shape index (κ2) is 6.70. The lowest BCUT2D eigenvalue weighted by Gasteiger charge is -2.33. The minimum absolute atomic E-state index is 0.137. The Kier molecular flexibility index (Phi) is 4.95. The Morgan fingerprint density at radius 2 is 2.15 bits per heavy atom. The minimum atomic E-state index is -0.997. The monoisotopic (exact) mass is 278 g/mol. The van der Waals surface area contributed by atoms with Crippen LogP contribution in [0.3, 0.4) is 0 Å². The van der Waals surface area contributed by atoms with E-state index in [9.17, 15) is 9.59 Å². The fourth-order valence-corrected chi connectivity index (χ4v) is 2.77. The number of likely N-dealkylation sites (tertiary alicyclic amines) is 1. The van der Waals surface area contributed by atoms with Crippen LogP contribution in [0.2, 0.25) is 0 Å². The van der Waals surface area contributed by atoms with Gasteiger partial charge in [0.15, 0.2) is 0 Å². The van der Waals surface area contributed by atoms with Gasteiger partial charge in [-0.3, -0.25) is 4.79 Å². The van der Waals surface area contributed by atoms with E-state index in [0.29, 0.717) is 12.6 Å². The molecule has 1 atom stereocenters. The first kappa shape index (κ1) is 14.8. The van der Waals surface area contributed by atoms with Gasteiger partial charge in [-0.25, -0.2) is 4.79 Å². The van der Waals surface area contributed by atoms with E-state index in [1.165, 1.54) is 42.2 Å². The Morgan fingerprint density at radius 3 is 2.85 bits per heavy atom. The molecule has 0 aliphatic carbocycles. The van der Waals surface area contributed by atoms with Crippen molar-refractivity contribution in [2.45, 2.75) is 45.2 Å². The molecule has 1 saturated heterocycles. The van der Waals surface area contributed by atoms with Crippen LogP contribution in [0.15, 0.2) is 23.1 Å². The van der Waals surface area contributed by atoms with Crippen LogP contribution in [0, 0.1) is 0 Å². The number of piperidine rings is 1. The highest BCUT2D eigenvalue weighted by atomic mass is 16.4. The van der Waals surface area contributed by atoms with Crippen LogP contribution >= 0.6 is 0 Å². The highest BCUT2D eigenvalue weighted by Gasteiger charge is 2.17. The molecule has 0 spiro atoms. The molecule has 5 heteroatoms. The summed E-state index contributed by atoms with van der Waals surface area (Å²) in [6.45, 7) is 4.91. The van der Waals surface area contributed by atoms with Gasteiger partial charge in [-0.05, 0) is 38.8 Å². The van der Waals surface area contributed by atoms with E-state index >= 15 is 0 Å². The predicted octanol–water partition coefficient (Wildman–Crippen LogP) is 1.81. The van der Waals surface area contributed by atoms with E-state index in [0.717, 1.165) is 19.5 Å². The standard InChI is InChI=1S/C15H22N2O3/c1-12-5-2-3-8-16(12)9-4-10-17-11-13(15(19)20)6-7-14(17)18/h6-7,11-12H,2-5,8-10H2,1H3,(H,19,20). The van der Waals surface area contributed by atoms with Gasteiger partial charge in [-0.2, -0.15) is 0 Å². The summed E-state index contributed by atoms with van der Waals surface area (Å²) in [4.78, 5) is 25.1. The van der Waals surface area contributed by atoms with E-state index in [4.69, 9.17) is 5.11 Å². The van der Waals surface area contributed by atoms with Crippen LogP contribution in [0.1, 0.15) is 43.0 Å². The minimum Gasteiger partial charge on any atom is -0.478 e. The Morgan fingerprint density at radius 1 is 1.35 bits per heavy atom. The summed E-state index contributed by atoms with van der Waals surface area (Å²) in [6, 6.07) is 3.30. The van der Waals surface area contributed by atoms with Crippen molar-refractivity contribution in [3.05, 3.63) is 34.2 Å². The van der Waals surface area contributed by atoms with Crippen molar-refractivity contribution in [2.24, 2.45) is 0 Å². The normalized spacial score (nSPS) is 19.9. The van der Waals surface area contributed by atoms with E-state index in [-0.39, 0.29) is 11.1 Å². The Bertz CT molecular complexity index is 524. The largest absolute Gasteiger partial charge is 0.478 e. The second-order valence-corrected chi connectivity index (χ2v) is 5.49. The zero-order valence-corrected chi connectivity index (χ0v) is 11.9. The molecule has 1 N–H and O–H groups in total. The van der Waals surface area contributed by atoms with Gasteiger partial charge < -0.3 is 14.6 Å². The number of nitrogens with zero attached hydrogens (tertiary/aromatic N) is 2. The van der Waals surface area contributed by atoms with Gasteiger partial charge >= 0.3 is 5.97 Å². The summed E-state index contributed by atoms with van der Waals surface area (Å²) in [7, 11) is 0. The third-order valence-corrected chi connectivity index (χ3v) is 4.02. The molecule has 2 heterocycles. The number of carbonyl (C=O) groups is 1. The average Bonchev–Trinajstić information content (AvgIpc) is 2.42. The molecule has 0 bridgehead atoms. The van der Waals surface area contributed by atoms with Gasteiger partial charge in [-0.15, -0.1) is 0 Å². The number of pyridine rings is 1. The molecule has 0 radical (unpaired) electrons. The Hall–Kier alpha value is -1.62. The van der Waals surface area contributed by atoms with E-state index in [1.807, 2.05) is 0 Å². The number of rotatable bonds is 5. The second-order valence-electron chi connectivity index (χ2n) is 5.49. The molecule has 0 saturated carbocycles. The molecule has 0 aromatic carbocycles. The number of aromatic nitrogens is 1. The fraction of sp³-hybridized carbons (Fsp3) is 0.600. The lowest BCUT2D eigenvalue weighted by atomic mass is 10.0. The third-order valence-electron chi connectivity index (χ3n) is 4.02. The van der Waals surface area contributed by atoms with E-state index in [1.54, 1.807) is 0 Å². The van der Waals surface area contributed by atoms with Crippen molar-refractivity contribution in [3.8, 4) is 0 Å². The van der Waals surface area contributed by atoms with Crippen molar-refractivity contribution >= 4 is 5.97 Å². The van der Waals surface area contributed by atoms with Gasteiger partial charge in [0.25, 0.3) is 5.56 Å². The molecule has 1 fully saturated rings. The fourth-order valence-electron chi connectivity index (χ4n) is 2.77. The van der Waals surface area contributed by atoms with Crippen molar-refractivity contribution in [1.82, 2.24) is 9.47 Å². The molecular weight excluding hydrogens is 256 g/mol. The number of carboxylic acids is 1. The summed E-state index contributed by atoms with van der Waals surface area (Å²) in [5.41, 5.74) is 0.0256. The summed E-state index contributed by atoms with van der Waals surface area (Å²) >= 11 is 0. The lowest BCUT2D eigenvalue weighted by molar-refractivity contribution is 0.0695. The topological polar surface area (TPSA) is 62.5 Å². The number of aryl methyl sites for hydroxylation is 1. The van der Waals surface area contributed by atoms with Gasteiger partial charge in [0.2, 0.25) is 0 Å². The third kappa shape index (κ3) is 3.70. The number of aromatic carboxylic acids is 1. The zero-order valence-electron chi connectivity index (χ0n) is 11.9. The first-order valence-electron chi connectivity index (χ1n) is 7.26. The molecule has 5 nitrogen and oxygen atoms in total. The van der Waals surface area contributed by atoms with Crippen LogP contribution in [-0.2, 0) is 6.54 Å². The number of carboxylic acid groups (broad SMARTS) is 1. The summed E-state index contributed by atoms with van der Waals surface area (Å²) in [5, 5.41) is 8.94. The quantitative estimate of drug-likeness (QED) is 0.892. The molecule has 1 aromatic heterocycles. The summed E-state index contributed by atoms with van der Waals surface area (Å²) < 4.78 is 1.50. The SMILES string of the molecule is CC1CCCCN1CCCn1cc(C(=O)O)ccc1=O. The average molecular weight is 278 g/mol. The molecule has 1 aliphatic heterocycles. The van der Waals surface area contributed by atoms with Gasteiger partial charge in [0.1, 0.15) is 0 Å². The van der Waals surface area contributed by atoms with Crippen LogP contribution in [0.25, 0.3) is 0 Å². The van der Waals surface area contributed by atoms with Gasteiger partial charge in [-0.1, -0.05) is 6.42 Å². The van der Waals surface area contributed by atoms with Crippen molar-refractivity contribution < 1.29 is 9.90 Å². The maximum absolute atomic E-state index is 11.7. The smallest absolute Gasteiger partial charge is 0.337 e. The van der Waals surface area contributed by atoms with Crippen molar-refractivity contribution in [3.63, 3.8) is 0 Å². The lowest BCUT2D eigenvalue weighted by Crippen LogP contribution is -2.38. The number of hydrogen-bond acceptors (Lipinski definition) is 3. The molecule has 1 aromatic rings. The first-order valence-corrected chi connectivity index (χ1v) is 7.26. The Balaban J connectivity index is 1.92. The Labute approximate surface area is 118 Å². The maximum atomic E-state index is 11.7. The van der Waals surface area contributed by atoms with E-state index < -0.39 is 5.97 Å². The molecule has 20 heavy (non-hydrogen) atoms. The van der Waals surface area contributed by atoms with Crippen molar-refractivity contribution in [2.75, 3.05) is 13.1 Å².